The summed E-state index contributed by atoms with van der Waals surface area (Å²) in [7, 11) is 0. The third-order valence-corrected chi connectivity index (χ3v) is 3.42. The summed E-state index contributed by atoms with van der Waals surface area (Å²) in [6.45, 7) is -0.146. The zero-order valence-electron chi connectivity index (χ0n) is 11.0. The number of amides is 1. The maximum Gasteiger partial charge on any atom is 0.350 e. The van der Waals surface area contributed by atoms with Gasteiger partial charge in [-0.1, -0.05) is 18.9 Å². The van der Waals surface area contributed by atoms with Gasteiger partial charge in [-0.2, -0.15) is 0 Å². The molecule has 0 aliphatic heterocycles. The first-order valence-electron chi connectivity index (χ1n) is 6.73. The van der Waals surface area contributed by atoms with E-state index >= 15 is 0 Å². The van der Waals surface area contributed by atoms with Crippen LogP contribution in [-0.2, 0) is 16.2 Å². The lowest BCUT2D eigenvalue weighted by atomic mass is 10.3. The molecule has 0 unspecified atom stereocenters. The summed E-state index contributed by atoms with van der Waals surface area (Å²) in [5, 5.41) is 4.08. The third kappa shape index (κ3) is 2.57. The highest BCUT2D eigenvalue weighted by atomic mass is 16.7. The molecule has 0 spiro atoms. The van der Waals surface area contributed by atoms with Crippen LogP contribution in [0.15, 0.2) is 29.2 Å². The standard InChI is InChI=1S/C13H16N4O3/c18-12(15-20-10-5-1-2-6-10)9-17-13(19)16-8-4-3-7-11(16)14-17/h3-4,7-8,10H,1-2,5-6,9H2,(H,15,18). The molecule has 2 heterocycles. The number of hydrogen-bond acceptors (Lipinski definition) is 4. The lowest BCUT2D eigenvalue weighted by molar-refractivity contribution is -0.139. The minimum atomic E-state index is -0.373. The summed E-state index contributed by atoms with van der Waals surface area (Å²) >= 11 is 0. The van der Waals surface area contributed by atoms with Gasteiger partial charge in [-0.05, 0) is 25.0 Å². The Labute approximate surface area is 115 Å². The largest absolute Gasteiger partial charge is 0.350 e. The van der Waals surface area contributed by atoms with Gasteiger partial charge >= 0.3 is 5.69 Å². The fourth-order valence-corrected chi connectivity index (χ4v) is 2.39. The first-order valence-corrected chi connectivity index (χ1v) is 6.73. The number of nitrogens with zero attached hydrogens (tertiary/aromatic N) is 3. The molecule has 1 N–H and O–H groups in total. The maximum atomic E-state index is 12.0. The van der Waals surface area contributed by atoms with Crippen molar-refractivity contribution in [3.8, 4) is 0 Å². The van der Waals surface area contributed by atoms with E-state index < -0.39 is 0 Å². The van der Waals surface area contributed by atoms with Crippen molar-refractivity contribution in [2.45, 2.75) is 38.3 Å². The zero-order valence-corrected chi connectivity index (χ0v) is 11.0. The number of hydroxylamine groups is 1. The molecule has 0 aromatic carbocycles. The SMILES string of the molecule is O=C(Cn1nc2ccccn2c1=O)NOC1CCCC1. The van der Waals surface area contributed by atoms with Gasteiger partial charge in [0.15, 0.2) is 5.65 Å². The highest BCUT2D eigenvalue weighted by Crippen LogP contribution is 2.19. The summed E-state index contributed by atoms with van der Waals surface area (Å²) in [6.07, 6.45) is 5.91. The second kappa shape index (κ2) is 5.46. The van der Waals surface area contributed by atoms with E-state index in [9.17, 15) is 9.59 Å². The Morgan fingerprint density at radius 2 is 2.20 bits per heavy atom. The van der Waals surface area contributed by atoms with E-state index in [0.717, 1.165) is 30.4 Å². The van der Waals surface area contributed by atoms with Crippen molar-refractivity contribution in [3.63, 3.8) is 0 Å². The minimum Gasteiger partial charge on any atom is -0.271 e. The molecule has 0 bridgehead atoms. The average molecular weight is 276 g/mol. The number of pyridine rings is 1. The van der Waals surface area contributed by atoms with Gasteiger partial charge in [0.25, 0.3) is 5.91 Å². The smallest absolute Gasteiger partial charge is 0.271 e. The van der Waals surface area contributed by atoms with Crippen LogP contribution in [0.3, 0.4) is 0 Å². The van der Waals surface area contributed by atoms with E-state index in [0.29, 0.717) is 5.65 Å². The van der Waals surface area contributed by atoms with E-state index in [1.807, 2.05) is 0 Å². The molecule has 20 heavy (non-hydrogen) atoms. The van der Waals surface area contributed by atoms with Crippen LogP contribution in [0.2, 0.25) is 0 Å². The van der Waals surface area contributed by atoms with Gasteiger partial charge in [0.05, 0.1) is 6.10 Å². The van der Waals surface area contributed by atoms with Crippen LogP contribution in [0.1, 0.15) is 25.7 Å². The van der Waals surface area contributed by atoms with Gasteiger partial charge in [-0.3, -0.25) is 14.0 Å². The third-order valence-electron chi connectivity index (χ3n) is 3.42. The zero-order chi connectivity index (χ0) is 13.9. The molecule has 1 aliphatic carbocycles. The van der Waals surface area contributed by atoms with Crippen molar-refractivity contribution in [1.82, 2.24) is 19.7 Å². The Kier molecular flexibility index (Phi) is 3.51. The van der Waals surface area contributed by atoms with Crippen LogP contribution in [0, 0.1) is 0 Å². The molecule has 2 aromatic rings. The number of carbonyl (C=O) groups excluding carboxylic acids is 1. The molecule has 106 valence electrons. The van der Waals surface area contributed by atoms with Crippen molar-refractivity contribution in [1.29, 1.82) is 0 Å². The first-order chi connectivity index (χ1) is 9.74. The van der Waals surface area contributed by atoms with Gasteiger partial charge in [-0.25, -0.2) is 15.0 Å². The molecular formula is C13H16N4O3. The van der Waals surface area contributed by atoms with Crippen molar-refractivity contribution in [3.05, 3.63) is 34.9 Å². The van der Waals surface area contributed by atoms with Gasteiger partial charge in [-0.15, -0.1) is 5.10 Å². The molecule has 1 aliphatic rings. The van der Waals surface area contributed by atoms with Gasteiger partial charge < -0.3 is 0 Å². The first kappa shape index (κ1) is 12.9. The number of rotatable bonds is 4. The number of fused-ring (bicyclic) bond motifs is 1. The molecular weight excluding hydrogens is 260 g/mol. The topological polar surface area (TPSA) is 77.6 Å². The van der Waals surface area contributed by atoms with E-state index in [2.05, 4.69) is 10.6 Å². The second-order valence-electron chi connectivity index (χ2n) is 4.92. The summed E-state index contributed by atoms with van der Waals surface area (Å²) in [5.74, 6) is -0.373. The Bertz CT molecular complexity index is 670. The van der Waals surface area contributed by atoms with Crippen LogP contribution < -0.4 is 11.2 Å². The van der Waals surface area contributed by atoms with E-state index in [-0.39, 0.29) is 24.2 Å². The number of nitrogens with one attached hydrogen (secondary N) is 1. The number of aromatic nitrogens is 3. The Morgan fingerprint density at radius 3 is 2.95 bits per heavy atom. The summed E-state index contributed by atoms with van der Waals surface area (Å²) in [4.78, 5) is 29.0. The van der Waals surface area contributed by atoms with Crippen LogP contribution in [0.25, 0.3) is 5.65 Å². The normalized spacial score (nSPS) is 15.8. The van der Waals surface area contributed by atoms with Crippen LogP contribution >= 0.6 is 0 Å². The van der Waals surface area contributed by atoms with Crippen molar-refractivity contribution < 1.29 is 9.63 Å². The van der Waals surface area contributed by atoms with Crippen molar-refractivity contribution in [2.24, 2.45) is 0 Å². The molecule has 7 nitrogen and oxygen atoms in total. The predicted octanol–water partition coefficient (Wildman–Crippen LogP) is 0.486. The summed E-state index contributed by atoms with van der Waals surface area (Å²) in [6, 6.07) is 5.24. The van der Waals surface area contributed by atoms with Crippen molar-refractivity contribution >= 4 is 11.6 Å². The van der Waals surface area contributed by atoms with Crippen LogP contribution in [-0.4, -0.2) is 26.2 Å². The lowest BCUT2D eigenvalue weighted by Crippen LogP contribution is -2.34. The maximum absolute atomic E-state index is 12.0. The Balaban J connectivity index is 1.65. The monoisotopic (exact) mass is 276 g/mol. The Morgan fingerprint density at radius 1 is 1.40 bits per heavy atom. The quantitative estimate of drug-likeness (QED) is 0.824. The predicted molar refractivity (Wildman–Crippen MR) is 70.9 cm³/mol. The number of carbonyl (C=O) groups is 1. The molecule has 0 saturated heterocycles. The van der Waals surface area contributed by atoms with Crippen LogP contribution in [0.5, 0.6) is 0 Å². The number of hydrogen-bond donors (Lipinski definition) is 1. The van der Waals surface area contributed by atoms with Gasteiger partial charge in [0.2, 0.25) is 0 Å². The average Bonchev–Trinajstić information content (AvgIpc) is 3.07. The molecule has 7 heteroatoms. The second-order valence-corrected chi connectivity index (χ2v) is 4.92. The van der Waals surface area contributed by atoms with Crippen molar-refractivity contribution in [2.75, 3.05) is 0 Å². The highest BCUT2D eigenvalue weighted by Gasteiger charge is 2.17. The van der Waals surface area contributed by atoms with E-state index in [1.165, 1.54) is 4.40 Å². The van der Waals surface area contributed by atoms with E-state index in [4.69, 9.17) is 4.84 Å². The molecule has 3 rings (SSSR count). The molecule has 1 amide bonds. The van der Waals surface area contributed by atoms with Crippen LogP contribution in [0.4, 0.5) is 0 Å². The highest BCUT2D eigenvalue weighted by molar-refractivity contribution is 5.74. The molecule has 0 radical (unpaired) electrons. The fourth-order valence-electron chi connectivity index (χ4n) is 2.39. The Hall–Kier alpha value is -2.15. The molecule has 1 fully saturated rings. The van der Waals surface area contributed by atoms with Gasteiger partial charge in [0.1, 0.15) is 6.54 Å². The lowest BCUT2D eigenvalue weighted by Gasteiger charge is -2.10. The minimum absolute atomic E-state index is 0.0942. The molecule has 1 saturated carbocycles. The fraction of sp³-hybridized carbons (Fsp3) is 0.462. The van der Waals surface area contributed by atoms with E-state index in [1.54, 1.807) is 24.4 Å². The summed E-state index contributed by atoms with van der Waals surface area (Å²) in [5.41, 5.74) is 2.58. The van der Waals surface area contributed by atoms with Gasteiger partial charge in [0, 0.05) is 6.20 Å². The molecule has 0 atom stereocenters. The summed E-state index contributed by atoms with van der Waals surface area (Å²) < 4.78 is 2.52. The molecule has 2 aromatic heterocycles.